The van der Waals surface area contributed by atoms with Crippen molar-refractivity contribution in [2.24, 2.45) is 0 Å². The number of carbonyl (C=O) groups excluding carboxylic acids is 2. The summed E-state index contributed by atoms with van der Waals surface area (Å²) < 4.78 is 6.64. The topological polar surface area (TPSA) is 109 Å². The molecule has 2 N–H and O–H groups in total. The molecule has 12 heteroatoms. The van der Waals surface area contributed by atoms with Crippen LogP contribution in [0.2, 0.25) is 0 Å². The van der Waals surface area contributed by atoms with Gasteiger partial charge < -0.3 is 15.2 Å². The number of carboxylic acid groups (broad SMARTS) is 1. The Morgan fingerprint density at radius 1 is 0.920 bits per heavy atom. The number of carboxylic acids is 1. The third-order valence-electron chi connectivity index (χ3n) is 8.31. The van der Waals surface area contributed by atoms with Crippen molar-refractivity contribution in [2.75, 3.05) is 5.75 Å². The molecule has 0 unspecified atom stereocenters. The van der Waals surface area contributed by atoms with Gasteiger partial charge in [0.05, 0.1) is 17.7 Å². The molecule has 2 aliphatic heterocycles. The molecule has 0 spiro atoms. The SMILES string of the molecule is O=C(Cc1ccccc1)N[C@@H]1C(=O)N2C(C(=S)OC(c3ccccc3)c3ccccc3)=C(c3nc(-c4ccc(C(=O)O)cc4)cs3)CS[C@H]12.[K]. The van der Waals surface area contributed by atoms with Gasteiger partial charge in [-0.25, -0.2) is 9.78 Å². The fourth-order valence-corrected chi connectivity index (χ4v) is 8.48. The molecule has 5 aromatic rings. The van der Waals surface area contributed by atoms with E-state index in [2.05, 4.69) is 5.32 Å². The normalized spacial score (nSPS) is 16.6. The summed E-state index contributed by atoms with van der Waals surface area (Å²) in [5.41, 5.74) is 5.53. The summed E-state index contributed by atoms with van der Waals surface area (Å²) in [6, 6.07) is 34.8. The second kappa shape index (κ2) is 16.3. The van der Waals surface area contributed by atoms with Crippen molar-refractivity contribution < 1.29 is 24.2 Å². The van der Waals surface area contributed by atoms with E-state index in [4.69, 9.17) is 21.9 Å². The van der Waals surface area contributed by atoms with Gasteiger partial charge in [-0.05, 0) is 41.0 Å². The number of thiazole rings is 1. The van der Waals surface area contributed by atoms with Gasteiger partial charge in [-0.3, -0.25) is 14.5 Å². The molecule has 1 radical (unpaired) electrons. The first-order chi connectivity index (χ1) is 23.9. The van der Waals surface area contributed by atoms with E-state index in [0.29, 0.717) is 22.2 Å². The Kier molecular flexibility index (Phi) is 11.8. The average Bonchev–Trinajstić information content (AvgIpc) is 3.63. The summed E-state index contributed by atoms with van der Waals surface area (Å²) >= 11 is 9.00. The molecule has 8 nitrogen and oxygen atoms in total. The average molecular weight is 743 g/mol. The number of hydrogen-bond donors (Lipinski definition) is 2. The second-order valence-corrected chi connectivity index (χ2v) is 13.8. The van der Waals surface area contributed by atoms with Crippen LogP contribution in [0.1, 0.15) is 38.2 Å². The minimum absolute atomic E-state index is 0. The number of nitrogens with one attached hydrogen (secondary N) is 1. The summed E-state index contributed by atoms with van der Waals surface area (Å²) in [5, 5.41) is 14.6. The Labute approximate surface area is 345 Å². The van der Waals surface area contributed by atoms with E-state index in [9.17, 15) is 19.5 Å². The van der Waals surface area contributed by atoms with Gasteiger partial charge in [-0.1, -0.05) is 103 Å². The number of ether oxygens (including phenoxy) is 1. The van der Waals surface area contributed by atoms with Gasteiger partial charge in [0.2, 0.25) is 11.0 Å². The second-order valence-electron chi connectivity index (χ2n) is 11.5. The molecule has 7 rings (SSSR count). The van der Waals surface area contributed by atoms with Crippen LogP contribution >= 0.6 is 35.3 Å². The third-order valence-corrected chi connectivity index (χ3v) is 10.8. The smallest absolute Gasteiger partial charge is 0.335 e. The minimum Gasteiger partial charge on any atom is -0.478 e. The Morgan fingerprint density at radius 2 is 1.52 bits per heavy atom. The van der Waals surface area contributed by atoms with Gasteiger partial charge in [0.1, 0.15) is 28.2 Å². The Morgan fingerprint density at radius 3 is 2.12 bits per heavy atom. The van der Waals surface area contributed by atoms with Crippen LogP contribution in [0.15, 0.2) is 126 Å². The van der Waals surface area contributed by atoms with E-state index in [1.807, 2.05) is 96.4 Å². The summed E-state index contributed by atoms with van der Waals surface area (Å²) in [5.74, 6) is -1.02. The Hall–Kier alpha value is -3.46. The number of nitrogens with zero attached hydrogens (tertiary/aromatic N) is 2. The van der Waals surface area contributed by atoms with Crippen molar-refractivity contribution >= 4 is 115 Å². The van der Waals surface area contributed by atoms with E-state index in [1.54, 1.807) is 29.2 Å². The van der Waals surface area contributed by atoms with E-state index in [1.165, 1.54) is 23.1 Å². The zero-order valence-corrected chi connectivity index (χ0v) is 32.5. The number of hydrogen-bond acceptors (Lipinski definition) is 8. The number of thioether (sulfide) groups is 1. The van der Waals surface area contributed by atoms with Crippen LogP contribution in [-0.2, 0) is 20.7 Å². The largest absolute Gasteiger partial charge is 0.478 e. The maximum Gasteiger partial charge on any atom is 0.335 e. The molecule has 2 aliphatic rings. The van der Waals surface area contributed by atoms with Gasteiger partial charge >= 0.3 is 5.97 Å². The van der Waals surface area contributed by atoms with E-state index in [0.717, 1.165) is 27.8 Å². The summed E-state index contributed by atoms with van der Waals surface area (Å²) in [4.78, 5) is 44.8. The molecule has 0 aliphatic carbocycles. The number of aromatic nitrogens is 1. The molecule has 4 aromatic carbocycles. The molecule has 2 atom stereocenters. The van der Waals surface area contributed by atoms with Crippen LogP contribution in [0.25, 0.3) is 16.8 Å². The fraction of sp³-hybridized carbons (Fsp3) is 0.132. The van der Waals surface area contributed by atoms with E-state index in [-0.39, 0.29) is 85.6 Å². The van der Waals surface area contributed by atoms with Crippen LogP contribution < -0.4 is 5.32 Å². The Bertz CT molecular complexity index is 2020. The molecule has 1 fully saturated rings. The molecule has 50 heavy (non-hydrogen) atoms. The maximum atomic E-state index is 13.9. The zero-order valence-electron chi connectivity index (χ0n) is 26.9. The van der Waals surface area contributed by atoms with Crippen LogP contribution in [0, 0.1) is 0 Å². The van der Waals surface area contributed by atoms with Crippen molar-refractivity contribution in [1.82, 2.24) is 15.2 Å². The number of fused-ring (bicyclic) bond motifs is 1. The molecule has 0 bridgehead atoms. The number of aromatic carboxylic acids is 1. The quantitative estimate of drug-likeness (QED) is 0.0935. The summed E-state index contributed by atoms with van der Waals surface area (Å²) in [6.07, 6.45) is -0.364. The summed E-state index contributed by atoms with van der Waals surface area (Å²) in [7, 11) is 0. The van der Waals surface area contributed by atoms with Crippen molar-refractivity contribution in [3.63, 3.8) is 0 Å². The predicted molar refractivity (Wildman–Crippen MR) is 201 cm³/mol. The van der Waals surface area contributed by atoms with Crippen LogP contribution in [0.3, 0.4) is 0 Å². The maximum absolute atomic E-state index is 13.9. The van der Waals surface area contributed by atoms with Gasteiger partial charge in [0, 0.05) is 73.7 Å². The summed E-state index contributed by atoms with van der Waals surface area (Å²) in [6.45, 7) is 0. The molecule has 3 heterocycles. The first kappa shape index (κ1) is 36.3. The van der Waals surface area contributed by atoms with Gasteiger partial charge in [-0.2, -0.15) is 0 Å². The van der Waals surface area contributed by atoms with E-state index < -0.39 is 18.1 Å². The molecule has 2 amide bonds. The van der Waals surface area contributed by atoms with Crippen molar-refractivity contribution in [2.45, 2.75) is 23.9 Å². The molecule has 245 valence electrons. The standard InChI is InChI=1S/C38H29N3O5S3.K/c42-30(20-23-10-4-1-5-11-23)40-31-35(43)41-32(38(47)46-33(25-12-6-2-7-13-25)26-14-8-3-9-15-26)28(21-49-36(31)41)34-39-29(22-48-34)24-16-18-27(19-17-24)37(44)45;/h1-19,22,31,33,36H,20-21H2,(H,40,42)(H,44,45);/t31-,36-;/m1./s1. The van der Waals surface area contributed by atoms with Crippen molar-refractivity contribution in [3.8, 4) is 11.3 Å². The van der Waals surface area contributed by atoms with Gasteiger partial charge in [0.25, 0.3) is 5.91 Å². The predicted octanol–water partition coefficient (Wildman–Crippen LogP) is 6.61. The first-order valence-electron chi connectivity index (χ1n) is 15.5. The fourth-order valence-electron chi connectivity index (χ4n) is 5.85. The first-order valence-corrected chi connectivity index (χ1v) is 17.8. The van der Waals surface area contributed by atoms with Crippen molar-refractivity contribution in [1.29, 1.82) is 0 Å². The number of amides is 2. The van der Waals surface area contributed by atoms with Crippen LogP contribution in [0.5, 0.6) is 0 Å². The number of thiocarbonyl (C=S) groups is 1. The number of carbonyl (C=O) groups is 3. The molecular weight excluding hydrogens is 714 g/mol. The number of β-lactam (4-membered cyclic amide) rings is 1. The minimum atomic E-state index is -0.999. The molecule has 1 saturated heterocycles. The zero-order chi connectivity index (χ0) is 33.9. The molecule has 0 saturated carbocycles. The monoisotopic (exact) mass is 742 g/mol. The van der Waals surface area contributed by atoms with Crippen LogP contribution in [-0.4, -0.2) is 106 Å². The van der Waals surface area contributed by atoms with Crippen molar-refractivity contribution in [3.05, 3.63) is 154 Å². The van der Waals surface area contributed by atoms with Crippen LogP contribution in [0.4, 0.5) is 0 Å². The molecular formula is C38H29KN3O5S3. The third kappa shape index (κ3) is 7.72. The molecule has 1 aromatic heterocycles. The Balaban J connectivity index is 0.00000432. The van der Waals surface area contributed by atoms with E-state index >= 15 is 0 Å². The number of benzene rings is 4. The number of rotatable bonds is 10. The van der Waals surface area contributed by atoms with Gasteiger partial charge in [-0.15, -0.1) is 23.1 Å². The van der Waals surface area contributed by atoms with Gasteiger partial charge in [0.15, 0.2) is 0 Å².